The Morgan fingerprint density at radius 3 is 1.75 bits per heavy atom. The van der Waals surface area contributed by atoms with Gasteiger partial charge in [-0.15, -0.1) is 0 Å². The van der Waals surface area contributed by atoms with Crippen molar-refractivity contribution < 1.29 is 23.8 Å². The fraction of sp³-hybridized carbons (Fsp3) is 0.220. The third-order valence-electron chi connectivity index (χ3n) is 8.47. The summed E-state index contributed by atoms with van der Waals surface area (Å²) in [6.07, 6.45) is -0.751. The zero-order valence-electron chi connectivity index (χ0n) is 27.2. The molecule has 5 aromatic carbocycles. The summed E-state index contributed by atoms with van der Waals surface area (Å²) in [6.45, 7) is 5.59. The highest BCUT2D eigenvalue weighted by atomic mass is 35.5. The van der Waals surface area contributed by atoms with Gasteiger partial charge in [-0.2, -0.15) is 0 Å². The summed E-state index contributed by atoms with van der Waals surface area (Å²) in [5.41, 5.74) is 4.35. The Morgan fingerprint density at radius 1 is 0.708 bits per heavy atom. The Bertz CT molecular complexity index is 1800. The van der Waals surface area contributed by atoms with Crippen LogP contribution in [0.5, 0.6) is 0 Å². The molecule has 5 aromatic rings. The van der Waals surface area contributed by atoms with Gasteiger partial charge < -0.3 is 19.5 Å². The Morgan fingerprint density at radius 2 is 1.21 bits per heavy atom. The second-order valence-corrected chi connectivity index (χ2v) is 13.2. The second kappa shape index (κ2) is 14.1. The molecule has 0 saturated heterocycles. The van der Waals surface area contributed by atoms with E-state index in [4.69, 9.17) is 25.8 Å². The van der Waals surface area contributed by atoms with Crippen LogP contribution in [0.3, 0.4) is 0 Å². The number of carbonyl (C=O) groups is 2. The zero-order valence-corrected chi connectivity index (χ0v) is 27.9. The molecule has 7 heteroatoms. The molecule has 0 unspecified atom stereocenters. The quantitative estimate of drug-likeness (QED) is 0.120. The Hall–Kier alpha value is -4.91. The molecule has 6 rings (SSSR count). The summed E-state index contributed by atoms with van der Waals surface area (Å²) < 4.78 is 18.5. The minimum Gasteiger partial charge on any atom is -0.449 e. The van der Waals surface area contributed by atoms with Crippen molar-refractivity contribution >= 4 is 23.7 Å². The highest BCUT2D eigenvalue weighted by Crippen LogP contribution is 2.45. The number of fused-ring (bicyclic) bond motifs is 3. The molecule has 1 aliphatic rings. The van der Waals surface area contributed by atoms with Gasteiger partial charge >= 0.3 is 12.1 Å². The fourth-order valence-corrected chi connectivity index (χ4v) is 6.52. The second-order valence-electron chi connectivity index (χ2n) is 12.8. The van der Waals surface area contributed by atoms with Crippen LogP contribution in [0.4, 0.5) is 4.79 Å². The standard InChI is InChI=1S/C41H38ClNO5/c1-40(2,3)47-27-37(43-39(45)46-26-34-32-22-12-10-20-30(32)31-21-11-13-23-33(31)34)38(44)48-41(28-16-6-4-7-17-28,29-18-8-5-9-19-29)35-24-14-15-25-36(35)42/h4-25,34,37H,26-27H2,1-3H3,(H,43,45)/t37-/m0/s1. The predicted molar refractivity (Wildman–Crippen MR) is 188 cm³/mol. The highest BCUT2D eigenvalue weighted by molar-refractivity contribution is 6.31. The lowest BCUT2D eigenvalue weighted by Gasteiger charge is -2.37. The minimum atomic E-state index is -1.44. The number of hydrogen-bond acceptors (Lipinski definition) is 5. The molecule has 1 amide bonds. The first-order chi connectivity index (χ1) is 23.2. The van der Waals surface area contributed by atoms with E-state index in [1.807, 2.05) is 124 Å². The monoisotopic (exact) mass is 659 g/mol. The van der Waals surface area contributed by atoms with Crippen LogP contribution in [0.1, 0.15) is 54.5 Å². The summed E-state index contributed by atoms with van der Waals surface area (Å²) in [5, 5.41) is 3.18. The molecule has 1 aliphatic carbocycles. The predicted octanol–water partition coefficient (Wildman–Crippen LogP) is 8.90. The van der Waals surface area contributed by atoms with Crippen molar-refractivity contribution in [3.05, 3.63) is 166 Å². The van der Waals surface area contributed by atoms with Gasteiger partial charge in [0.1, 0.15) is 6.61 Å². The molecule has 0 aromatic heterocycles. The molecule has 1 N–H and O–H groups in total. The molecule has 48 heavy (non-hydrogen) atoms. The number of carbonyl (C=O) groups excluding carboxylic acids is 2. The van der Waals surface area contributed by atoms with Crippen molar-refractivity contribution in [3.8, 4) is 11.1 Å². The number of amides is 1. The van der Waals surface area contributed by atoms with Gasteiger partial charge in [0.15, 0.2) is 11.6 Å². The SMILES string of the molecule is CC(C)(C)OC[C@H](NC(=O)OCC1c2ccccc2-c2ccccc21)C(=O)OC(c1ccccc1)(c1ccccc1)c1ccccc1Cl. The number of esters is 1. The van der Waals surface area contributed by atoms with E-state index in [2.05, 4.69) is 29.6 Å². The molecule has 6 nitrogen and oxygen atoms in total. The summed E-state index contributed by atoms with van der Waals surface area (Å²) in [7, 11) is 0. The Balaban J connectivity index is 1.31. The number of ether oxygens (including phenoxy) is 3. The van der Waals surface area contributed by atoms with E-state index < -0.39 is 29.3 Å². The maximum atomic E-state index is 14.4. The Kier molecular flexibility index (Phi) is 9.67. The lowest BCUT2D eigenvalue weighted by Crippen LogP contribution is -2.49. The number of halogens is 1. The molecular formula is C41H38ClNO5. The van der Waals surface area contributed by atoms with Gasteiger partial charge in [0, 0.05) is 27.6 Å². The minimum absolute atomic E-state index is 0.0966. The first-order valence-corrected chi connectivity index (χ1v) is 16.4. The Labute approximate surface area is 286 Å². The van der Waals surface area contributed by atoms with E-state index in [0.29, 0.717) is 21.7 Å². The summed E-state index contributed by atoms with van der Waals surface area (Å²) in [4.78, 5) is 27.9. The maximum absolute atomic E-state index is 14.4. The molecule has 0 saturated carbocycles. The smallest absolute Gasteiger partial charge is 0.407 e. The summed E-state index contributed by atoms with van der Waals surface area (Å²) in [5.74, 6) is -0.844. The average molecular weight is 660 g/mol. The third-order valence-corrected chi connectivity index (χ3v) is 8.80. The molecule has 0 radical (unpaired) electrons. The summed E-state index contributed by atoms with van der Waals surface area (Å²) >= 11 is 6.85. The maximum Gasteiger partial charge on any atom is 0.407 e. The van der Waals surface area contributed by atoms with E-state index in [1.165, 1.54) is 0 Å². The van der Waals surface area contributed by atoms with E-state index in [0.717, 1.165) is 22.3 Å². The van der Waals surface area contributed by atoms with Gasteiger partial charge in [0.25, 0.3) is 0 Å². The average Bonchev–Trinajstić information content (AvgIpc) is 3.42. The number of rotatable bonds is 10. The lowest BCUT2D eigenvalue weighted by atomic mass is 9.80. The van der Waals surface area contributed by atoms with E-state index in [9.17, 15) is 9.59 Å². The van der Waals surface area contributed by atoms with Gasteiger partial charge in [-0.05, 0) is 49.1 Å². The van der Waals surface area contributed by atoms with Crippen LogP contribution < -0.4 is 5.32 Å². The number of nitrogens with one attached hydrogen (secondary N) is 1. The normalized spacial score (nSPS) is 13.2. The molecule has 244 valence electrons. The first-order valence-electron chi connectivity index (χ1n) is 16.0. The first kappa shape index (κ1) is 33.0. The molecule has 0 spiro atoms. The van der Waals surface area contributed by atoms with E-state index in [1.54, 1.807) is 6.07 Å². The van der Waals surface area contributed by atoms with Crippen molar-refractivity contribution in [2.45, 2.75) is 43.9 Å². The van der Waals surface area contributed by atoms with E-state index in [-0.39, 0.29) is 19.1 Å². The molecule has 0 fully saturated rings. The molecular weight excluding hydrogens is 622 g/mol. The van der Waals surface area contributed by atoms with Crippen LogP contribution in [0, 0.1) is 0 Å². The van der Waals surface area contributed by atoms with Crippen molar-refractivity contribution in [1.29, 1.82) is 0 Å². The fourth-order valence-electron chi connectivity index (χ4n) is 6.25. The van der Waals surface area contributed by atoms with Gasteiger partial charge in [-0.1, -0.05) is 139 Å². The molecule has 0 heterocycles. The number of benzene rings is 5. The molecule has 1 atom stereocenters. The lowest BCUT2D eigenvalue weighted by molar-refractivity contribution is -0.159. The van der Waals surface area contributed by atoms with Gasteiger partial charge in [-0.25, -0.2) is 9.59 Å². The van der Waals surface area contributed by atoms with Crippen LogP contribution >= 0.6 is 11.6 Å². The number of hydrogen-bond donors (Lipinski definition) is 1. The van der Waals surface area contributed by atoms with Gasteiger partial charge in [0.2, 0.25) is 0 Å². The van der Waals surface area contributed by atoms with Crippen LogP contribution in [0.15, 0.2) is 133 Å². The van der Waals surface area contributed by atoms with Crippen LogP contribution in [0.2, 0.25) is 5.02 Å². The van der Waals surface area contributed by atoms with Crippen LogP contribution in [-0.2, 0) is 24.6 Å². The topological polar surface area (TPSA) is 73.9 Å². The molecule has 0 aliphatic heterocycles. The molecule has 0 bridgehead atoms. The van der Waals surface area contributed by atoms with Crippen molar-refractivity contribution in [2.75, 3.05) is 13.2 Å². The van der Waals surface area contributed by atoms with Crippen molar-refractivity contribution in [2.24, 2.45) is 0 Å². The van der Waals surface area contributed by atoms with Crippen molar-refractivity contribution in [1.82, 2.24) is 5.32 Å². The van der Waals surface area contributed by atoms with Gasteiger partial charge in [-0.3, -0.25) is 0 Å². The largest absolute Gasteiger partial charge is 0.449 e. The highest BCUT2D eigenvalue weighted by Gasteiger charge is 2.44. The van der Waals surface area contributed by atoms with E-state index >= 15 is 0 Å². The summed E-state index contributed by atoms with van der Waals surface area (Å²) in [6, 6.07) is 41.2. The van der Waals surface area contributed by atoms with Gasteiger partial charge in [0.05, 0.1) is 12.2 Å². The van der Waals surface area contributed by atoms with Crippen LogP contribution in [-0.4, -0.2) is 36.9 Å². The van der Waals surface area contributed by atoms with Crippen molar-refractivity contribution in [3.63, 3.8) is 0 Å². The third kappa shape index (κ3) is 6.86. The van der Waals surface area contributed by atoms with Crippen LogP contribution in [0.25, 0.3) is 11.1 Å². The zero-order chi connectivity index (χ0) is 33.7. The number of alkyl carbamates (subject to hydrolysis) is 1.